The zero-order chi connectivity index (χ0) is 21.5. The van der Waals surface area contributed by atoms with Crippen molar-refractivity contribution >= 4 is 50.7 Å². The number of sulfonamides is 1. The number of anilines is 2. The predicted octanol–water partition coefficient (Wildman–Crippen LogP) is 3.97. The summed E-state index contributed by atoms with van der Waals surface area (Å²) in [6, 6.07) is 12.4. The first-order valence-corrected chi connectivity index (χ1v) is 11.7. The molecule has 4 rings (SSSR count). The number of para-hydroxylation sites is 1. The second-order valence-electron chi connectivity index (χ2n) is 6.66. The third kappa shape index (κ3) is 3.76. The molecule has 0 aliphatic carbocycles. The summed E-state index contributed by atoms with van der Waals surface area (Å²) in [6.45, 7) is 1.88. The number of halogens is 1. The van der Waals surface area contributed by atoms with Gasteiger partial charge in [-0.05, 0) is 30.7 Å². The number of rotatable bonds is 4. The van der Waals surface area contributed by atoms with Gasteiger partial charge in [0.15, 0.2) is 5.16 Å². The van der Waals surface area contributed by atoms with Gasteiger partial charge in [-0.2, -0.15) is 0 Å². The van der Waals surface area contributed by atoms with Gasteiger partial charge in [0.25, 0.3) is 10.0 Å². The normalized spacial score (nSPS) is 14.0. The Balaban J connectivity index is 1.55. The highest BCUT2D eigenvalue weighted by atomic mass is 35.5. The standard InChI is InChI=1S/C20H17ClN4O3S2/c1-12-7-8-13(9-15(12)21)23-18(26)11-29-20-22-10-17-19(24-20)14-5-3-4-6-16(14)25(2)30(17,27)28/h3-10H,11H2,1-2H3,(H,23,26). The van der Waals surface area contributed by atoms with Crippen molar-refractivity contribution in [1.29, 1.82) is 0 Å². The van der Waals surface area contributed by atoms with Crippen molar-refractivity contribution in [2.24, 2.45) is 0 Å². The maximum Gasteiger partial charge on any atom is 0.267 e. The number of benzene rings is 2. The number of carbonyl (C=O) groups is 1. The number of aryl methyl sites for hydroxylation is 1. The van der Waals surface area contributed by atoms with Crippen molar-refractivity contribution in [3.63, 3.8) is 0 Å². The van der Waals surface area contributed by atoms with E-state index in [2.05, 4.69) is 15.3 Å². The van der Waals surface area contributed by atoms with Crippen LogP contribution in [0.5, 0.6) is 0 Å². The molecule has 2 heterocycles. The van der Waals surface area contributed by atoms with Gasteiger partial charge in [-0.1, -0.05) is 47.6 Å². The SMILES string of the molecule is Cc1ccc(NC(=O)CSc2ncc3c(n2)-c2ccccc2N(C)S3(=O)=O)cc1Cl. The Morgan fingerprint density at radius 3 is 2.77 bits per heavy atom. The first kappa shape index (κ1) is 20.6. The van der Waals surface area contributed by atoms with E-state index in [0.29, 0.717) is 32.8 Å². The first-order valence-electron chi connectivity index (χ1n) is 8.91. The Morgan fingerprint density at radius 2 is 2.00 bits per heavy atom. The predicted molar refractivity (Wildman–Crippen MR) is 119 cm³/mol. The third-order valence-corrected chi connectivity index (χ3v) is 7.70. The van der Waals surface area contributed by atoms with Gasteiger partial charge in [0, 0.05) is 23.3 Å². The lowest BCUT2D eigenvalue weighted by Gasteiger charge is -2.28. The second kappa shape index (κ2) is 7.90. The topological polar surface area (TPSA) is 92.3 Å². The molecule has 0 saturated carbocycles. The zero-order valence-electron chi connectivity index (χ0n) is 16.1. The Kier molecular flexibility index (Phi) is 5.44. The highest BCUT2D eigenvalue weighted by Gasteiger charge is 2.34. The number of hydrogen-bond donors (Lipinski definition) is 1. The summed E-state index contributed by atoms with van der Waals surface area (Å²) < 4.78 is 26.7. The molecule has 0 fully saturated rings. The summed E-state index contributed by atoms with van der Waals surface area (Å²) in [6.07, 6.45) is 1.30. The fraction of sp³-hybridized carbons (Fsp3) is 0.150. The summed E-state index contributed by atoms with van der Waals surface area (Å²) in [7, 11) is -2.22. The molecule has 0 radical (unpaired) electrons. The van der Waals surface area contributed by atoms with Gasteiger partial charge in [-0.15, -0.1) is 0 Å². The number of nitrogens with zero attached hydrogens (tertiary/aromatic N) is 3. The van der Waals surface area contributed by atoms with Crippen LogP contribution in [0.2, 0.25) is 5.02 Å². The molecule has 154 valence electrons. The van der Waals surface area contributed by atoms with Gasteiger partial charge in [-0.3, -0.25) is 9.10 Å². The molecule has 3 aromatic rings. The van der Waals surface area contributed by atoms with E-state index in [4.69, 9.17) is 11.6 Å². The fourth-order valence-corrected chi connectivity index (χ4v) is 5.12. The maximum atomic E-state index is 12.8. The van der Waals surface area contributed by atoms with Crippen LogP contribution in [0, 0.1) is 6.92 Å². The molecule has 0 bridgehead atoms. The summed E-state index contributed by atoms with van der Waals surface area (Å²) in [4.78, 5) is 20.9. The maximum absolute atomic E-state index is 12.8. The van der Waals surface area contributed by atoms with E-state index in [9.17, 15) is 13.2 Å². The quantitative estimate of drug-likeness (QED) is 0.467. The van der Waals surface area contributed by atoms with Crippen molar-refractivity contribution in [2.45, 2.75) is 17.0 Å². The Labute approximate surface area is 183 Å². The van der Waals surface area contributed by atoms with E-state index >= 15 is 0 Å². The van der Waals surface area contributed by atoms with Crippen LogP contribution in [0.3, 0.4) is 0 Å². The van der Waals surface area contributed by atoms with E-state index in [1.165, 1.54) is 17.5 Å². The van der Waals surface area contributed by atoms with Gasteiger partial charge in [0.1, 0.15) is 4.90 Å². The van der Waals surface area contributed by atoms with Crippen LogP contribution in [0.4, 0.5) is 11.4 Å². The minimum absolute atomic E-state index is 0.0480. The van der Waals surface area contributed by atoms with Crippen LogP contribution in [-0.2, 0) is 14.8 Å². The summed E-state index contributed by atoms with van der Waals surface area (Å²) in [5.41, 5.74) is 3.12. The minimum atomic E-state index is -3.72. The molecule has 10 heteroatoms. The van der Waals surface area contributed by atoms with Crippen LogP contribution in [0.15, 0.2) is 58.7 Å². The molecule has 30 heavy (non-hydrogen) atoms. The number of aromatic nitrogens is 2. The van der Waals surface area contributed by atoms with Crippen LogP contribution < -0.4 is 9.62 Å². The van der Waals surface area contributed by atoms with Crippen molar-refractivity contribution in [3.05, 3.63) is 59.2 Å². The summed E-state index contributed by atoms with van der Waals surface area (Å²) >= 11 is 7.21. The minimum Gasteiger partial charge on any atom is -0.325 e. The molecule has 1 aliphatic heterocycles. The Hall–Kier alpha value is -2.62. The van der Waals surface area contributed by atoms with Crippen molar-refractivity contribution < 1.29 is 13.2 Å². The molecular formula is C20H17ClN4O3S2. The number of fused-ring (bicyclic) bond motifs is 3. The van der Waals surface area contributed by atoms with E-state index in [-0.39, 0.29) is 16.6 Å². The smallest absolute Gasteiger partial charge is 0.267 e. The average Bonchev–Trinajstić information content (AvgIpc) is 2.73. The zero-order valence-corrected chi connectivity index (χ0v) is 18.5. The van der Waals surface area contributed by atoms with E-state index in [0.717, 1.165) is 17.3 Å². The molecule has 0 atom stereocenters. The number of nitrogens with one attached hydrogen (secondary N) is 1. The van der Waals surface area contributed by atoms with Gasteiger partial charge in [0.2, 0.25) is 5.91 Å². The number of carbonyl (C=O) groups excluding carboxylic acids is 1. The van der Waals surface area contributed by atoms with E-state index in [1.54, 1.807) is 24.3 Å². The van der Waals surface area contributed by atoms with Crippen molar-refractivity contribution in [1.82, 2.24) is 9.97 Å². The largest absolute Gasteiger partial charge is 0.325 e. The molecule has 7 nitrogen and oxygen atoms in total. The van der Waals surface area contributed by atoms with E-state index in [1.807, 2.05) is 25.1 Å². The molecular weight excluding hydrogens is 444 g/mol. The molecule has 1 aromatic heterocycles. The highest BCUT2D eigenvalue weighted by Crippen LogP contribution is 2.41. The second-order valence-corrected chi connectivity index (χ2v) is 9.94. The van der Waals surface area contributed by atoms with Crippen molar-refractivity contribution in [2.75, 3.05) is 22.4 Å². The number of thioether (sulfide) groups is 1. The molecule has 2 aromatic carbocycles. The molecule has 0 spiro atoms. The van der Waals surface area contributed by atoms with E-state index < -0.39 is 10.0 Å². The molecule has 1 amide bonds. The Bertz CT molecular complexity index is 1260. The monoisotopic (exact) mass is 460 g/mol. The van der Waals surface area contributed by atoms with Gasteiger partial charge >= 0.3 is 0 Å². The van der Waals surface area contributed by atoms with Gasteiger partial charge in [0.05, 0.1) is 23.3 Å². The third-order valence-electron chi connectivity index (χ3n) is 4.66. The summed E-state index contributed by atoms with van der Waals surface area (Å²) in [5.74, 6) is -0.174. The van der Waals surface area contributed by atoms with Crippen LogP contribution in [0.25, 0.3) is 11.3 Å². The molecule has 1 N–H and O–H groups in total. The first-order chi connectivity index (χ1) is 14.3. The highest BCUT2D eigenvalue weighted by molar-refractivity contribution is 7.99. The molecule has 0 unspecified atom stereocenters. The van der Waals surface area contributed by atoms with Crippen LogP contribution in [0.1, 0.15) is 5.56 Å². The molecule has 1 aliphatic rings. The lowest BCUT2D eigenvalue weighted by Crippen LogP contribution is -2.31. The lowest BCUT2D eigenvalue weighted by molar-refractivity contribution is -0.113. The van der Waals surface area contributed by atoms with Crippen LogP contribution in [-0.4, -0.2) is 37.1 Å². The van der Waals surface area contributed by atoms with Gasteiger partial charge < -0.3 is 5.32 Å². The lowest BCUT2D eigenvalue weighted by atomic mass is 10.1. The number of amides is 1. The molecule has 0 saturated heterocycles. The van der Waals surface area contributed by atoms with Crippen molar-refractivity contribution in [3.8, 4) is 11.3 Å². The van der Waals surface area contributed by atoms with Gasteiger partial charge in [-0.25, -0.2) is 18.4 Å². The number of hydrogen-bond acceptors (Lipinski definition) is 6. The fourth-order valence-electron chi connectivity index (χ4n) is 3.03. The van der Waals surface area contributed by atoms with Crippen LogP contribution >= 0.6 is 23.4 Å². The summed E-state index contributed by atoms with van der Waals surface area (Å²) in [5, 5.41) is 3.67. The average molecular weight is 461 g/mol. The Morgan fingerprint density at radius 1 is 1.23 bits per heavy atom.